The van der Waals surface area contributed by atoms with E-state index in [-0.39, 0.29) is 0 Å². The molecule has 0 N–H and O–H groups in total. The maximum atomic E-state index is 4.82. The molecule has 0 fully saturated rings. The van der Waals surface area contributed by atoms with Gasteiger partial charge in [0.1, 0.15) is 6.26 Å². The number of hydrogen-bond acceptors (Lipinski definition) is 3. The van der Waals surface area contributed by atoms with E-state index in [0.29, 0.717) is 5.92 Å². The highest BCUT2D eigenvalue weighted by molar-refractivity contribution is 5.80. The highest BCUT2D eigenvalue weighted by Gasteiger charge is 2.08. The quantitative estimate of drug-likeness (QED) is 0.606. The molecule has 0 aromatic carbocycles. The molecule has 0 bridgehead atoms. The average Bonchev–Trinajstić information content (AvgIpc) is 2.36. The lowest BCUT2D eigenvalue weighted by molar-refractivity contribution is 0.408. The van der Waals surface area contributed by atoms with Gasteiger partial charge >= 0.3 is 0 Å². The van der Waals surface area contributed by atoms with Crippen molar-refractivity contribution in [1.29, 1.82) is 0 Å². The largest absolute Gasteiger partial charge is 0.364 e. The Morgan fingerprint density at radius 1 is 1.64 bits per heavy atom. The van der Waals surface area contributed by atoms with Crippen molar-refractivity contribution < 1.29 is 4.52 Å². The van der Waals surface area contributed by atoms with Crippen LogP contribution in [-0.2, 0) is 0 Å². The van der Waals surface area contributed by atoms with E-state index < -0.39 is 0 Å². The first kappa shape index (κ1) is 7.98. The Balaban J connectivity index is 2.96. The second-order valence-corrected chi connectivity index (χ2v) is 2.70. The van der Waals surface area contributed by atoms with E-state index in [4.69, 9.17) is 4.52 Å². The van der Waals surface area contributed by atoms with Crippen molar-refractivity contribution >= 4 is 6.21 Å². The molecule has 0 unspecified atom stereocenters. The standard InChI is InChI=1S/C8H12N2O/c1-6(2)8-7(4-9-3)5-11-10-8/h4-6H,1-3H3. The summed E-state index contributed by atoms with van der Waals surface area (Å²) in [6, 6.07) is 0. The Hall–Kier alpha value is -1.12. The summed E-state index contributed by atoms with van der Waals surface area (Å²) in [5.74, 6) is 0.391. The number of nitrogens with zero attached hydrogens (tertiary/aromatic N) is 2. The first-order chi connectivity index (χ1) is 5.25. The molecule has 0 saturated heterocycles. The highest BCUT2D eigenvalue weighted by atomic mass is 16.5. The predicted molar refractivity (Wildman–Crippen MR) is 44.1 cm³/mol. The van der Waals surface area contributed by atoms with E-state index in [1.807, 2.05) is 0 Å². The number of aliphatic imine (C=N–C) groups is 1. The molecule has 0 saturated carbocycles. The van der Waals surface area contributed by atoms with Crippen LogP contribution in [-0.4, -0.2) is 18.4 Å². The van der Waals surface area contributed by atoms with Crippen LogP contribution < -0.4 is 0 Å². The Labute approximate surface area is 66.1 Å². The van der Waals surface area contributed by atoms with Gasteiger partial charge in [0.15, 0.2) is 0 Å². The topological polar surface area (TPSA) is 38.4 Å². The SMILES string of the molecule is CN=Cc1conc1C(C)C. The van der Waals surface area contributed by atoms with E-state index in [1.54, 1.807) is 19.5 Å². The second-order valence-electron chi connectivity index (χ2n) is 2.70. The van der Waals surface area contributed by atoms with Crippen molar-refractivity contribution in [2.24, 2.45) is 4.99 Å². The summed E-state index contributed by atoms with van der Waals surface area (Å²) >= 11 is 0. The van der Waals surface area contributed by atoms with Gasteiger partial charge in [-0.3, -0.25) is 4.99 Å². The van der Waals surface area contributed by atoms with Crippen LogP contribution in [0.1, 0.15) is 31.0 Å². The van der Waals surface area contributed by atoms with Crippen LogP contribution in [0.3, 0.4) is 0 Å². The van der Waals surface area contributed by atoms with Gasteiger partial charge in [-0.1, -0.05) is 19.0 Å². The van der Waals surface area contributed by atoms with E-state index in [2.05, 4.69) is 24.0 Å². The van der Waals surface area contributed by atoms with Gasteiger partial charge in [0.2, 0.25) is 0 Å². The van der Waals surface area contributed by atoms with Gasteiger partial charge in [0.25, 0.3) is 0 Å². The van der Waals surface area contributed by atoms with Gasteiger partial charge in [-0.25, -0.2) is 0 Å². The summed E-state index contributed by atoms with van der Waals surface area (Å²) in [5.41, 5.74) is 1.94. The fourth-order valence-electron chi connectivity index (χ4n) is 0.927. The molecule has 1 aromatic heterocycles. The van der Waals surface area contributed by atoms with Crippen molar-refractivity contribution in [1.82, 2.24) is 5.16 Å². The normalized spacial score (nSPS) is 11.6. The summed E-state index contributed by atoms with van der Waals surface area (Å²) in [6.07, 6.45) is 3.37. The summed E-state index contributed by atoms with van der Waals surface area (Å²) < 4.78 is 4.82. The predicted octanol–water partition coefficient (Wildman–Crippen LogP) is 1.85. The summed E-state index contributed by atoms with van der Waals surface area (Å²) in [7, 11) is 1.73. The zero-order valence-electron chi connectivity index (χ0n) is 7.03. The fourth-order valence-corrected chi connectivity index (χ4v) is 0.927. The molecule has 1 rings (SSSR count). The third-order valence-electron chi connectivity index (χ3n) is 1.44. The Bertz CT molecular complexity index is 250. The van der Waals surface area contributed by atoms with Crippen LogP contribution in [0.4, 0.5) is 0 Å². The van der Waals surface area contributed by atoms with Crippen molar-refractivity contribution in [2.75, 3.05) is 7.05 Å². The molecular formula is C8H12N2O. The molecular weight excluding hydrogens is 140 g/mol. The zero-order chi connectivity index (χ0) is 8.27. The first-order valence-corrected chi connectivity index (χ1v) is 3.62. The van der Waals surface area contributed by atoms with Crippen LogP contribution in [0.2, 0.25) is 0 Å². The van der Waals surface area contributed by atoms with Crippen molar-refractivity contribution in [3.8, 4) is 0 Å². The minimum atomic E-state index is 0.391. The summed E-state index contributed by atoms with van der Waals surface area (Å²) in [4.78, 5) is 3.90. The molecule has 0 aliphatic carbocycles. The first-order valence-electron chi connectivity index (χ1n) is 3.62. The number of hydrogen-bond donors (Lipinski definition) is 0. The molecule has 1 aromatic rings. The molecule has 60 valence electrons. The zero-order valence-corrected chi connectivity index (χ0v) is 7.03. The number of rotatable bonds is 2. The molecule has 0 amide bonds. The van der Waals surface area contributed by atoms with Gasteiger partial charge < -0.3 is 4.52 Å². The van der Waals surface area contributed by atoms with Crippen LogP contribution in [0, 0.1) is 0 Å². The van der Waals surface area contributed by atoms with Crippen LogP contribution in [0.25, 0.3) is 0 Å². The molecule has 3 heteroatoms. The van der Waals surface area contributed by atoms with Crippen LogP contribution >= 0.6 is 0 Å². The molecule has 0 aliphatic heterocycles. The van der Waals surface area contributed by atoms with Gasteiger partial charge in [0, 0.05) is 13.3 Å². The van der Waals surface area contributed by atoms with Gasteiger partial charge in [-0.2, -0.15) is 0 Å². The lowest BCUT2D eigenvalue weighted by Crippen LogP contribution is -1.92. The lowest BCUT2D eigenvalue weighted by atomic mass is 10.1. The van der Waals surface area contributed by atoms with E-state index >= 15 is 0 Å². The second kappa shape index (κ2) is 3.32. The van der Waals surface area contributed by atoms with Crippen LogP contribution in [0.5, 0.6) is 0 Å². The van der Waals surface area contributed by atoms with Crippen molar-refractivity contribution in [2.45, 2.75) is 19.8 Å². The Morgan fingerprint density at radius 3 is 2.91 bits per heavy atom. The average molecular weight is 152 g/mol. The highest BCUT2D eigenvalue weighted by Crippen LogP contribution is 2.15. The monoisotopic (exact) mass is 152 g/mol. The third kappa shape index (κ3) is 1.67. The third-order valence-corrected chi connectivity index (χ3v) is 1.44. The maximum absolute atomic E-state index is 4.82. The van der Waals surface area contributed by atoms with E-state index in [0.717, 1.165) is 11.3 Å². The minimum absolute atomic E-state index is 0.391. The fraction of sp³-hybridized carbons (Fsp3) is 0.500. The Kier molecular flexibility index (Phi) is 2.41. The minimum Gasteiger partial charge on any atom is -0.364 e. The smallest absolute Gasteiger partial charge is 0.132 e. The van der Waals surface area contributed by atoms with Crippen LogP contribution in [0.15, 0.2) is 15.8 Å². The van der Waals surface area contributed by atoms with Crippen molar-refractivity contribution in [3.63, 3.8) is 0 Å². The van der Waals surface area contributed by atoms with E-state index in [1.165, 1.54) is 0 Å². The molecule has 11 heavy (non-hydrogen) atoms. The molecule has 1 heterocycles. The van der Waals surface area contributed by atoms with Crippen molar-refractivity contribution in [3.05, 3.63) is 17.5 Å². The summed E-state index contributed by atoms with van der Waals surface area (Å²) in [5, 5.41) is 3.87. The molecule has 0 radical (unpaired) electrons. The molecule has 0 aliphatic rings. The lowest BCUT2D eigenvalue weighted by Gasteiger charge is -1.97. The number of aromatic nitrogens is 1. The summed E-state index contributed by atoms with van der Waals surface area (Å²) in [6.45, 7) is 4.15. The van der Waals surface area contributed by atoms with Gasteiger partial charge in [-0.15, -0.1) is 0 Å². The Morgan fingerprint density at radius 2 is 2.36 bits per heavy atom. The van der Waals surface area contributed by atoms with Gasteiger partial charge in [0.05, 0.1) is 11.3 Å². The van der Waals surface area contributed by atoms with E-state index in [9.17, 15) is 0 Å². The molecule has 0 spiro atoms. The van der Waals surface area contributed by atoms with Gasteiger partial charge in [-0.05, 0) is 5.92 Å². The molecule has 3 nitrogen and oxygen atoms in total. The molecule has 0 atom stereocenters. The maximum Gasteiger partial charge on any atom is 0.132 e.